The molecule has 2 N–H and O–H groups in total. The number of carbonyl (C=O) groups is 2. The molecule has 1 saturated carbocycles. The van der Waals surface area contributed by atoms with Gasteiger partial charge in [0, 0.05) is 12.1 Å². The summed E-state index contributed by atoms with van der Waals surface area (Å²) < 4.78 is 31.4. The molecule has 1 aliphatic rings. The molecule has 1 fully saturated rings. The SMILES string of the molecule is CC(C)N(CC(=O)O)S(=O)(=O)c1ccc(OCC(=O)NC2CC2)cc1. The minimum absolute atomic E-state index is 0.0303. The first-order chi connectivity index (χ1) is 11.7. The van der Waals surface area contributed by atoms with Crippen LogP contribution in [0.2, 0.25) is 0 Å². The van der Waals surface area contributed by atoms with Gasteiger partial charge in [-0.2, -0.15) is 4.31 Å². The van der Waals surface area contributed by atoms with Crippen molar-refractivity contribution in [1.29, 1.82) is 0 Å². The number of nitrogens with zero attached hydrogens (tertiary/aromatic N) is 1. The van der Waals surface area contributed by atoms with Crippen LogP contribution in [-0.2, 0) is 19.6 Å². The molecule has 8 nitrogen and oxygen atoms in total. The molecule has 1 amide bonds. The first-order valence-electron chi connectivity index (χ1n) is 7.96. The van der Waals surface area contributed by atoms with E-state index in [1.54, 1.807) is 13.8 Å². The molecule has 0 atom stereocenters. The third-order valence-electron chi connectivity index (χ3n) is 3.61. The van der Waals surface area contributed by atoms with Crippen molar-refractivity contribution in [3.05, 3.63) is 24.3 Å². The maximum absolute atomic E-state index is 12.6. The third kappa shape index (κ3) is 5.43. The Morgan fingerprint density at radius 1 is 1.28 bits per heavy atom. The number of hydrogen-bond donors (Lipinski definition) is 2. The molecule has 0 aromatic heterocycles. The van der Waals surface area contributed by atoms with Crippen molar-refractivity contribution in [3.8, 4) is 5.75 Å². The number of carboxylic acid groups (broad SMARTS) is 1. The Morgan fingerprint density at radius 2 is 1.88 bits per heavy atom. The predicted octanol–water partition coefficient (Wildman–Crippen LogP) is 0.828. The van der Waals surface area contributed by atoms with Crippen LogP contribution >= 0.6 is 0 Å². The van der Waals surface area contributed by atoms with Crippen LogP contribution < -0.4 is 10.1 Å². The summed E-state index contributed by atoms with van der Waals surface area (Å²) in [6.45, 7) is 2.46. The van der Waals surface area contributed by atoms with Crippen molar-refractivity contribution in [2.75, 3.05) is 13.2 Å². The van der Waals surface area contributed by atoms with Crippen LogP contribution in [0, 0.1) is 0 Å². The average Bonchev–Trinajstić information content (AvgIpc) is 3.34. The van der Waals surface area contributed by atoms with Crippen LogP contribution in [0.15, 0.2) is 29.2 Å². The Balaban J connectivity index is 2.03. The van der Waals surface area contributed by atoms with Crippen LogP contribution in [0.5, 0.6) is 5.75 Å². The average molecular weight is 370 g/mol. The summed E-state index contributed by atoms with van der Waals surface area (Å²) in [6, 6.07) is 5.30. The number of ether oxygens (including phenoxy) is 1. The second kappa shape index (κ2) is 7.83. The van der Waals surface area contributed by atoms with Crippen molar-refractivity contribution in [2.45, 2.75) is 43.7 Å². The summed E-state index contributed by atoms with van der Waals surface area (Å²) >= 11 is 0. The Labute approximate surface area is 146 Å². The maximum Gasteiger partial charge on any atom is 0.318 e. The number of benzene rings is 1. The largest absolute Gasteiger partial charge is 0.484 e. The number of aliphatic carboxylic acids is 1. The van der Waals surface area contributed by atoms with E-state index < -0.39 is 28.6 Å². The second-order valence-electron chi connectivity index (χ2n) is 6.14. The summed E-state index contributed by atoms with van der Waals surface area (Å²) in [4.78, 5) is 22.4. The molecule has 1 aliphatic carbocycles. The molecule has 0 radical (unpaired) electrons. The van der Waals surface area contributed by atoms with Gasteiger partial charge in [0.1, 0.15) is 12.3 Å². The molecule has 1 aromatic carbocycles. The first kappa shape index (κ1) is 19.2. The Kier molecular flexibility index (Phi) is 6.02. The van der Waals surface area contributed by atoms with Gasteiger partial charge in [0.05, 0.1) is 4.90 Å². The van der Waals surface area contributed by atoms with Gasteiger partial charge in [-0.1, -0.05) is 0 Å². The van der Waals surface area contributed by atoms with E-state index in [0.29, 0.717) is 5.75 Å². The fourth-order valence-electron chi connectivity index (χ4n) is 2.17. The van der Waals surface area contributed by atoms with Gasteiger partial charge in [0.15, 0.2) is 6.61 Å². The van der Waals surface area contributed by atoms with E-state index in [4.69, 9.17) is 9.84 Å². The molecule has 0 bridgehead atoms. The second-order valence-corrected chi connectivity index (χ2v) is 8.03. The standard InChI is InChI=1S/C16H22N2O6S/c1-11(2)18(9-16(20)21)25(22,23)14-7-5-13(6-8-14)24-10-15(19)17-12-3-4-12/h5-8,11-12H,3-4,9-10H2,1-2H3,(H,17,19)(H,20,21). The fourth-order valence-corrected chi connectivity index (χ4v) is 3.75. The fraction of sp³-hybridized carbons (Fsp3) is 0.500. The number of amides is 1. The molecule has 0 spiro atoms. The normalized spacial score (nSPS) is 14.6. The van der Waals surface area contributed by atoms with Gasteiger partial charge in [-0.05, 0) is 51.0 Å². The number of nitrogens with one attached hydrogen (secondary N) is 1. The van der Waals surface area contributed by atoms with E-state index in [2.05, 4.69) is 5.32 Å². The zero-order chi connectivity index (χ0) is 18.6. The molecule has 0 aliphatic heterocycles. The topological polar surface area (TPSA) is 113 Å². The summed E-state index contributed by atoms with van der Waals surface area (Å²) in [5, 5.41) is 11.7. The van der Waals surface area contributed by atoms with Gasteiger partial charge < -0.3 is 15.2 Å². The minimum atomic E-state index is -3.93. The lowest BCUT2D eigenvalue weighted by Gasteiger charge is -2.24. The molecule has 25 heavy (non-hydrogen) atoms. The van der Waals surface area contributed by atoms with Crippen LogP contribution in [-0.4, -0.2) is 54.9 Å². The van der Waals surface area contributed by atoms with Crippen LogP contribution in [0.4, 0.5) is 0 Å². The van der Waals surface area contributed by atoms with Gasteiger partial charge in [0.2, 0.25) is 10.0 Å². The summed E-state index contributed by atoms with van der Waals surface area (Å²) in [7, 11) is -3.93. The molecular weight excluding hydrogens is 348 g/mol. The molecule has 0 saturated heterocycles. The van der Waals surface area contributed by atoms with E-state index >= 15 is 0 Å². The number of carboxylic acids is 1. The van der Waals surface area contributed by atoms with E-state index in [1.807, 2.05) is 0 Å². The van der Waals surface area contributed by atoms with Gasteiger partial charge in [-0.15, -0.1) is 0 Å². The highest BCUT2D eigenvalue weighted by Gasteiger charge is 2.29. The number of rotatable bonds is 9. The van der Waals surface area contributed by atoms with Crippen molar-refractivity contribution >= 4 is 21.9 Å². The summed E-state index contributed by atoms with van der Waals surface area (Å²) in [6.07, 6.45) is 1.97. The molecule has 2 rings (SSSR count). The monoisotopic (exact) mass is 370 g/mol. The zero-order valence-corrected chi connectivity index (χ0v) is 15.0. The van der Waals surface area contributed by atoms with Crippen molar-refractivity contribution in [1.82, 2.24) is 9.62 Å². The van der Waals surface area contributed by atoms with Crippen LogP contribution in [0.1, 0.15) is 26.7 Å². The van der Waals surface area contributed by atoms with E-state index in [1.165, 1.54) is 24.3 Å². The highest BCUT2D eigenvalue weighted by atomic mass is 32.2. The Morgan fingerprint density at radius 3 is 2.36 bits per heavy atom. The maximum atomic E-state index is 12.6. The minimum Gasteiger partial charge on any atom is -0.484 e. The number of sulfonamides is 1. The lowest BCUT2D eigenvalue weighted by molar-refractivity contribution is -0.137. The lowest BCUT2D eigenvalue weighted by atomic mass is 10.3. The molecule has 9 heteroatoms. The quantitative estimate of drug-likeness (QED) is 0.666. The lowest BCUT2D eigenvalue weighted by Crippen LogP contribution is -2.40. The first-order valence-corrected chi connectivity index (χ1v) is 9.40. The highest BCUT2D eigenvalue weighted by molar-refractivity contribution is 7.89. The van der Waals surface area contributed by atoms with E-state index in [-0.39, 0.29) is 23.5 Å². The molecule has 0 unspecified atom stereocenters. The van der Waals surface area contributed by atoms with Crippen LogP contribution in [0.25, 0.3) is 0 Å². The molecule has 138 valence electrons. The Bertz CT molecular complexity index is 725. The van der Waals surface area contributed by atoms with Gasteiger partial charge in [-0.25, -0.2) is 8.42 Å². The summed E-state index contributed by atoms with van der Waals surface area (Å²) in [5.74, 6) is -1.08. The van der Waals surface area contributed by atoms with Crippen molar-refractivity contribution in [2.24, 2.45) is 0 Å². The van der Waals surface area contributed by atoms with E-state index in [9.17, 15) is 18.0 Å². The highest BCUT2D eigenvalue weighted by Crippen LogP contribution is 2.21. The smallest absolute Gasteiger partial charge is 0.318 e. The van der Waals surface area contributed by atoms with Gasteiger partial charge in [-0.3, -0.25) is 9.59 Å². The number of hydrogen-bond acceptors (Lipinski definition) is 5. The Hall–Kier alpha value is -2.13. The van der Waals surface area contributed by atoms with Crippen LogP contribution in [0.3, 0.4) is 0 Å². The third-order valence-corrected chi connectivity index (χ3v) is 5.65. The van der Waals surface area contributed by atoms with Gasteiger partial charge >= 0.3 is 5.97 Å². The zero-order valence-electron chi connectivity index (χ0n) is 14.1. The molecule has 1 aromatic rings. The predicted molar refractivity (Wildman–Crippen MR) is 89.8 cm³/mol. The summed E-state index contributed by atoms with van der Waals surface area (Å²) in [5.41, 5.74) is 0. The van der Waals surface area contributed by atoms with Crippen molar-refractivity contribution < 1.29 is 27.9 Å². The molecule has 0 heterocycles. The van der Waals surface area contributed by atoms with E-state index in [0.717, 1.165) is 17.1 Å². The van der Waals surface area contributed by atoms with Gasteiger partial charge in [0.25, 0.3) is 5.91 Å². The van der Waals surface area contributed by atoms with Crippen molar-refractivity contribution in [3.63, 3.8) is 0 Å². The molecular formula is C16H22N2O6S. The number of carbonyl (C=O) groups excluding carboxylic acids is 1.